The largest absolute Gasteiger partial charge is 0.245 e. The van der Waals surface area contributed by atoms with E-state index in [1.165, 1.54) is 28.8 Å². The minimum Gasteiger partial charge on any atom is -0.245 e. The molecule has 0 atom stereocenters. The molecule has 92 valence electrons. The zero-order chi connectivity index (χ0) is 13.2. The Balaban J connectivity index is 2.09. The normalized spacial score (nSPS) is 13.5. The molecule has 1 heterocycles. The van der Waals surface area contributed by atoms with Gasteiger partial charge in [0.1, 0.15) is 5.82 Å². The van der Waals surface area contributed by atoms with Crippen molar-refractivity contribution in [3.05, 3.63) is 65.3 Å². The fourth-order valence-corrected chi connectivity index (χ4v) is 2.92. The first kappa shape index (κ1) is 11.8. The fourth-order valence-electron chi connectivity index (χ4n) is 1.98. The second-order valence-electron chi connectivity index (χ2n) is 4.03. The van der Waals surface area contributed by atoms with Crippen LogP contribution in [0.15, 0.2) is 58.8 Å². The number of rotatable bonds is 1. The van der Waals surface area contributed by atoms with Gasteiger partial charge in [-0.15, -0.1) is 0 Å². The van der Waals surface area contributed by atoms with Gasteiger partial charge in [0.05, 0.1) is 11.4 Å². The molecule has 4 heteroatoms. The lowest BCUT2D eigenvalue weighted by Crippen LogP contribution is -2.17. The average molecular weight is 268 g/mol. The molecule has 0 amide bonds. The third-order valence-corrected chi connectivity index (χ3v) is 3.79. The predicted octanol–water partition coefficient (Wildman–Crippen LogP) is 4.22. The number of thioether (sulfide) groups is 1. The van der Waals surface area contributed by atoms with E-state index >= 15 is 0 Å². The standard InChI is InChI=1S/C15H9FN2S/c16-12-6-7-13-15(8-12)19-9-14(18(13)10-17)11-4-2-1-3-5-11/h1-9H. The van der Waals surface area contributed by atoms with Gasteiger partial charge in [0.2, 0.25) is 0 Å². The average Bonchev–Trinajstić information content (AvgIpc) is 2.46. The van der Waals surface area contributed by atoms with Gasteiger partial charge in [-0.1, -0.05) is 42.1 Å². The first-order valence-electron chi connectivity index (χ1n) is 5.71. The van der Waals surface area contributed by atoms with E-state index in [-0.39, 0.29) is 5.82 Å². The first-order chi connectivity index (χ1) is 9.29. The van der Waals surface area contributed by atoms with E-state index in [2.05, 4.69) is 6.19 Å². The molecule has 2 aromatic rings. The molecule has 0 radical (unpaired) electrons. The van der Waals surface area contributed by atoms with Crippen molar-refractivity contribution < 1.29 is 4.39 Å². The van der Waals surface area contributed by atoms with Crippen molar-refractivity contribution in [1.82, 2.24) is 0 Å². The van der Waals surface area contributed by atoms with Crippen molar-refractivity contribution >= 4 is 23.1 Å². The van der Waals surface area contributed by atoms with Gasteiger partial charge in [-0.2, -0.15) is 5.26 Å². The van der Waals surface area contributed by atoms with Crippen LogP contribution in [0.2, 0.25) is 0 Å². The minimum atomic E-state index is -0.291. The fraction of sp³-hybridized carbons (Fsp3) is 0. The molecule has 1 aliphatic heterocycles. The molecule has 2 aromatic carbocycles. The van der Waals surface area contributed by atoms with Crippen molar-refractivity contribution in [3.8, 4) is 6.19 Å². The van der Waals surface area contributed by atoms with Gasteiger partial charge in [0, 0.05) is 10.3 Å². The Bertz CT molecular complexity index is 689. The van der Waals surface area contributed by atoms with Crippen LogP contribution in [0.1, 0.15) is 5.56 Å². The number of nitrogens with zero attached hydrogens (tertiary/aromatic N) is 2. The molecule has 0 spiro atoms. The minimum absolute atomic E-state index is 0.291. The zero-order valence-corrected chi connectivity index (χ0v) is 10.7. The van der Waals surface area contributed by atoms with Gasteiger partial charge in [0.25, 0.3) is 0 Å². The highest BCUT2D eigenvalue weighted by atomic mass is 32.2. The summed E-state index contributed by atoms with van der Waals surface area (Å²) in [5.41, 5.74) is 2.49. The van der Waals surface area contributed by atoms with E-state index in [4.69, 9.17) is 0 Å². The molecule has 19 heavy (non-hydrogen) atoms. The van der Waals surface area contributed by atoms with Crippen molar-refractivity contribution in [2.45, 2.75) is 4.90 Å². The second kappa shape index (κ2) is 4.79. The maximum atomic E-state index is 13.2. The Labute approximate surface area is 114 Å². The molecule has 0 unspecified atom stereocenters. The molecule has 0 saturated carbocycles. The summed E-state index contributed by atoms with van der Waals surface area (Å²) in [5.74, 6) is -0.291. The Morgan fingerprint density at radius 3 is 2.63 bits per heavy atom. The Hall–Kier alpha value is -2.25. The third kappa shape index (κ3) is 2.09. The molecule has 0 aliphatic carbocycles. The molecule has 1 aliphatic rings. The summed E-state index contributed by atoms with van der Waals surface area (Å²) in [6.07, 6.45) is 2.16. The summed E-state index contributed by atoms with van der Waals surface area (Å²) in [4.78, 5) is 2.28. The van der Waals surface area contributed by atoms with Crippen LogP contribution in [-0.2, 0) is 0 Å². The topological polar surface area (TPSA) is 27.0 Å². The third-order valence-electron chi connectivity index (χ3n) is 2.87. The smallest absolute Gasteiger partial charge is 0.189 e. The van der Waals surface area contributed by atoms with E-state index in [0.29, 0.717) is 0 Å². The van der Waals surface area contributed by atoms with Crippen molar-refractivity contribution in [2.24, 2.45) is 0 Å². The number of benzene rings is 2. The van der Waals surface area contributed by atoms with Crippen LogP contribution in [0.3, 0.4) is 0 Å². The van der Waals surface area contributed by atoms with Gasteiger partial charge >= 0.3 is 0 Å². The molecule has 0 bridgehead atoms. The van der Waals surface area contributed by atoms with Gasteiger partial charge in [-0.05, 0) is 23.8 Å². The second-order valence-corrected chi connectivity index (χ2v) is 4.95. The lowest BCUT2D eigenvalue weighted by atomic mass is 10.1. The first-order valence-corrected chi connectivity index (χ1v) is 6.59. The summed E-state index contributed by atoms with van der Waals surface area (Å²) < 4.78 is 13.2. The van der Waals surface area contributed by atoms with E-state index in [0.717, 1.165) is 21.8 Å². The Morgan fingerprint density at radius 1 is 1.11 bits per heavy atom. The molecule has 2 nitrogen and oxygen atoms in total. The van der Waals surface area contributed by atoms with E-state index in [1.807, 2.05) is 35.7 Å². The van der Waals surface area contributed by atoms with Crippen LogP contribution in [0, 0.1) is 17.3 Å². The highest BCUT2D eigenvalue weighted by Crippen LogP contribution is 2.41. The molecule has 0 fully saturated rings. The number of nitriles is 1. The Morgan fingerprint density at radius 2 is 1.89 bits per heavy atom. The highest BCUT2D eigenvalue weighted by Gasteiger charge is 2.21. The van der Waals surface area contributed by atoms with Gasteiger partial charge in [-0.25, -0.2) is 9.29 Å². The SMILES string of the molecule is N#CN1C(c2ccccc2)=CSc2cc(F)ccc21. The van der Waals surface area contributed by atoms with Crippen LogP contribution in [-0.4, -0.2) is 0 Å². The molecule has 3 rings (SSSR count). The lowest BCUT2D eigenvalue weighted by molar-refractivity contribution is 0.624. The highest BCUT2D eigenvalue weighted by molar-refractivity contribution is 8.02. The summed E-state index contributed by atoms with van der Waals surface area (Å²) in [7, 11) is 0. The van der Waals surface area contributed by atoms with Crippen LogP contribution in [0.4, 0.5) is 10.1 Å². The number of fused-ring (bicyclic) bond motifs is 1. The van der Waals surface area contributed by atoms with Crippen molar-refractivity contribution in [1.29, 1.82) is 5.26 Å². The number of halogens is 1. The van der Waals surface area contributed by atoms with Crippen LogP contribution in [0.5, 0.6) is 0 Å². The maximum Gasteiger partial charge on any atom is 0.189 e. The molecule has 0 aromatic heterocycles. The number of anilines is 1. The quantitative estimate of drug-likeness (QED) is 0.725. The predicted molar refractivity (Wildman–Crippen MR) is 74.8 cm³/mol. The molecular formula is C15H9FN2S. The maximum absolute atomic E-state index is 13.2. The van der Waals surface area contributed by atoms with Crippen LogP contribution < -0.4 is 4.90 Å². The van der Waals surface area contributed by atoms with Crippen LogP contribution >= 0.6 is 11.8 Å². The summed E-state index contributed by atoms with van der Waals surface area (Å²) in [5, 5.41) is 11.2. The summed E-state index contributed by atoms with van der Waals surface area (Å²) in [6.45, 7) is 0. The Kier molecular flexibility index (Phi) is 2.98. The van der Waals surface area contributed by atoms with Crippen molar-refractivity contribution in [2.75, 3.05) is 4.90 Å². The monoisotopic (exact) mass is 268 g/mol. The van der Waals surface area contributed by atoms with E-state index in [9.17, 15) is 9.65 Å². The van der Waals surface area contributed by atoms with Crippen molar-refractivity contribution in [3.63, 3.8) is 0 Å². The van der Waals surface area contributed by atoms with Crippen LogP contribution in [0.25, 0.3) is 5.70 Å². The number of hydrogen-bond acceptors (Lipinski definition) is 3. The molecule has 0 N–H and O–H groups in total. The molecule has 0 saturated heterocycles. The van der Waals surface area contributed by atoms with E-state index in [1.54, 1.807) is 6.07 Å². The van der Waals surface area contributed by atoms with Gasteiger partial charge < -0.3 is 0 Å². The zero-order valence-electron chi connectivity index (χ0n) is 9.88. The van der Waals surface area contributed by atoms with Gasteiger partial charge in [0.15, 0.2) is 6.19 Å². The van der Waals surface area contributed by atoms with E-state index < -0.39 is 0 Å². The number of hydrogen-bond donors (Lipinski definition) is 0. The lowest BCUT2D eigenvalue weighted by Gasteiger charge is -2.25. The summed E-state index contributed by atoms with van der Waals surface area (Å²) in [6, 6.07) is 14.1. The molecular weight excluding hydrogens is 259 g/mol. The summed E-state index contributed by atoms with van der Waals surface area (Å²) >= 11 is 1.43. The van der Waals surface area contributed by atoms with Gasteiger partial charge in [-0.3, -0.25) is 0 Å².